The molecule has 0 spiro atoms. The van der Waals surface area contributed by atoms with Gasteiger partial charge in [0.25, 0.3) is 0 Å². The van der Waals surface area contributed by atoms with Crippen molar-refractivity contribution in [3.63, 3.8) is 0 Å². The summed E-state index contributed by atoms with van der Waals surface area (Å²) in [5.74, 6) is -1.22. The van der Waals surface area contributed by atoms with E-state index in [4.69, 9.17) is 37.0 Å². The van der Waals surface area contributed by atoms with Gasteiger partial charge in [-0.2, -0.15) is 0 Å². The Hall–Kier alpha value is -1.94. The number of ether oxygens (including phenoxy) is 4. The maximum atomic E-state index is 13.2. The molecule has 0 aromatic rings. The fourth-order valence-electron chi connectivity index (χ4n) is 14.0. The standard InChI is InChI=1S/C89H174O17P2/c1-6-10-13-16-19-22-25-27-29-31-32-36-40-43-48-53-58-63-68-73-87(92)100-79-85(106-89(94)75-70-65-60-55-50-45-41-37-34-33-35-38-42-47-51-56-61-66-71-82(5)9-4)81-104-108(97,98)102-77-83(90)76-101-107(95,96)103-80-84(78-99-86(91)72-67-62-57-52-46-24-21-18-15-12-8-3)105-88(93)74-69-64-59-54-49-44-39-30-28-26-23-20-17-14-11-7-2/h82-85,90H,6-81H2,1-5H3,(H,95,96)(H,97,98)/t82?,83-,84+,85+/m0/s1. The average molecular weight is 1580 g/mol. The molecular weight excluding hydrogens is 1400 g/mol. The van der Waals surface area contributed by atoms with Gasteiger partial charge in [0, 0.05) is 25.7 Å². The van der Waals surface area contributed by atoms with Crippen molar-refractivity contribution in [2.45, 2.75) is 502 Å². The number of phosphoric ester groups is 2. The molecule has 0 bridgehead atoms. The number of aliphatic hydroxyl groups is 1. The van der Waals surface area contributed by atoms with Gasteiger partial charge in [-0.1, -0.05) is 433 Å². The van der Waals surface area contributed by atoms with Crippen molar-refractivity contribution in [1.29, 1.82) is 0 Å². The molecule has 0 aliphatic heterocycles. The lowest BCUT2D eigenvalue weighted by Crippen LogP contribution is -2.30. The molecule has 0 radical (unpaired) electrons. The molecule has 0 heterocycles. The number of phosphoric acid groups is 2. The van der Waals surface area contributed by atoms with E-state index in [2.05, 4.69) is 34.6 Å². The van der Waals surface area contributed by atoms with Crippen molar-refractivity contribution in [2.24, 2.45) is 5.92 Å². The highest BCUT2D eigenvalue weighted by Gasteiger charge is 2.31. The van der Waals surface area contributed by atoms with Gasteiger partial charge in [-0.05, 0) is 31.6 Å². The highest BCUT2D eigenvalue weighted by molar-refractivity contribution is 7.47. The lowest BCUT2D eigenvalue weighted by atomic mass is 9.99. The molecule has 0 amide bonds. The molecule has 3 unspecified atom stereocenters. The van der Waals surface area contributed by atoms with E-state index in [1.807, 2.05) is 0 Å². The maximum Gasteiger partial charge on any atom is 0.472 e. The van der Waals surface area contributed by atoms with Crippen LogP contribution >= 0.6 is 15.6 Å². The van der Waals surface area contributed by atoms with Crippen LogP contribution in [0.15, 0.2) is 0 Å². The third-order valence-corrected chi connectivity index (χ3v) is 23.3. The second-order valence-corrected chi connectivity index (χ2v) is 35.1. The Bertz CT molecular complexity index is 2050. The van der Waals surface area contributed by atoms with Crippen LogP contribution in [0.5, 0.6) is 0 Å². The van der Waals surface area contributed by atoms with Crippen LogP contribution in [0.3, 0.4) is 0 Å². The van der Waals surface area contributed by atoms with Crippen molar-refractivity contribution in [2.75, 3.05) is 39.6 Å². The highest BCUT2D eigenvalue weighted by Crippen LogP contribution is 2.45. The van der Waals surface area contributed by atoms with Crippen molar-refractivity contribution in [3.8, 4) is 0 Å². The summed E-state index contributed by atoms with van der Waals surface area (Å²) in [7, 11) is -9.93. The van der Waals surface area contributed by atoms with Gasteiger partial charge in [0.15, 0.2) is 12.2 Å². The van der Waals surface area contributed by atoms with Gasteiger partial charge < -0.3 is 33.8 Å². The lowest BCUT2D eigenvalue weighted by Gasteiger charge is -2.21. The zero-order chi connectivity index (χ0) is 79.0. The Labute approximate surface area is 664 Å². The number of carbonyl (C=O) groups excluding carboxylic acids is 4. The molecule has 0 saturated carbocycles. The minimum Gasteiger partial charge on any atom is -0.462 e. The molecule has 108 heavy (non-hydrogen) atoms. The van der Waals surface area contributed by atoms with E-state index in [1.54, 1.807) is 0 Å². The number of hydrogen-bond acceptors (Lipinski definition) is 15. The summed E-state index contributed by atoms with van der Waals surface area (Å²) in [4.78, 5) is 73.3. The first kappa shape index (κ1) is 106. The molecule has 0 fully saturated rings. The number of unbranched alkanes of at least 4 members (excludes halogenated alkanes) is 60. The Balaban J connectivity index is 5.23. The van der Waals surface area contributed by atoms with Crippen LogP contribution in [0.2, 0.25) is 0 Å². The summed E-state index contributed by atoms with van der Waals surface area (Å²) in [6.07, 6.45) is 76.3. The molecule has 6 atom stereocenters. The van der Waals surface area contributed by atoms with Crippen LogP contribution < -0.4 is 0 Å². The number of esters is 4. The number of carbonyl (C=O) groups is 4. The van der Waals surface area contributed by atoms with Gasteiger partial charge in [0.05, 0.1) is 26.4 Å². The van der Waals surface area contributed by atoms with Crippen LogP contribution in [-0.2, 0) is 65.4 Å². The molecule has 642 valence electrons. The summed E-state index contributed by atoms with van der Waals surface area (Å²) in [6, 6.07) is 0. The maximum absolute atomic E-state index is 13.2. The molecule has 0 rings (SSSR count). The summed E-state index contributed by atoms with van der Waals surface area (Å²) >= 11 is 0. The molecular formula is C89H174O17P2. The normalized spacial score (nSPS) is 14.0. The SMILES string of the molecule is CCCCCCCCCCCCCCCCCCCCCC(=O)OC[C@H](COP(=O)(O)OC[C@@H](O)COP(=O)(O)OC[C@@H](COC(=O)CCCCCCCCCCCCC)OC(=O)CCCCCCCCCCCCCCCCCC)OC(=O)CCCCCCCCCCCCCCCCCCCCC(C)CC. The van der Waals surface area contributed by atoms with Crippen LogP contribution in [-0.4, -0.2) is 96.7 Å². The van der Waals surface area contributed by atoms with Crippen molar-refractivity contribution >= 4 is 39.5 Å². The molecule has 17 nitrogen and oxygen atoms in total. The second-order valence-electron chi connectivity index (χ2n) is 32.2. The smallest absolute Gasteiger partial charge is 0.462 e. The lowest BCUT2D eigenvalue weighted by molar-refractivity contribution is -0.161. The van der Waals surface area contributed by atoms with Crippen LogP contribution in [0.25, 0.3) is 0 Å². The minimum atomic E-state index is -4.97. The first-order valence-electron chi connectivity index (χ1n) is 46.2. The fourth-order valence-corrected chi connectivity index (χ4v) is 15.5. The van der Waals surface area contributed by atoms with Crippen LogP contribution in [0.1, 0.15) is 484 Å². The fraction of sp³-hybridized carbons (Fsp3) is 0.955. The van der Waals surface area contributed by atoms with E-state index in [-0.39, 0.29) is 25.7 Å². The quantitative estimate of drug-likeness (QED) is 0.0222. The van der Waals surface area contributed by atoms with Gasteiger partial charge in [-0.15, -0.1) is 0 Å². The number of aliphatic hydroxyl groups excluding tert-OH is 1. The van der Waals surface area contributed by atoms with E-state index in [0.717, 1.165) is 95.8 Å². The van der Waals surface area contributed by atoms with Gasteiger partial charge in [0.1, 0.15) is 19.3 Å². The monoisotopic (exact) mass is 1580 g/mol. The predicted octanol–water partition coefficient (Wildman–Crippen LogP) is 27.5. The summed E-state index contributed by atoms with van der Waals surface area (Å²) < 4.78 is 69.0. The van der Waals surface area contributed by atoms with E-state index < -0.39 is 97.5 Å². The first-order valence-corrected chi connectivity index (χ1v) is 49.2. The van der Waals surface area contributed by atoms with Crippen LogP contribution in [0, 0.1) is 5.92 Å². The van der Waals surface area contributed by atoms with E-state index in [1.165, 1.54) is 308 Å². The van der Waals surface area contributed by atoms with E-state index in [9.17, 15) is 43.2 Å². The molecule has 0 aliphatic rings. The van der Waals surface area contributed by atoms with Crippen molar-refractivity contribution in [1.82, 2.24) is 0 Å². The predicted molar refractivity (Wildman–Crippen MR) is 446 cm³/mol. The second kappa shape index (κ2) is 81.6. The zero-order valence-electron chi connectivity index (χ0n) is 71.0. The van der Waals surface area contributed by atoms with Crippen LogP contribution in [0.4, 0.5) is 0 Å². The molecule has 0 saturated heterocycles. The largest absolute Gasteiger partial charge is 0.472 e. The van der Waals surface area contributed by atoms with Gasteiger partial charge in [0.2, 0.25) is 0 Å². The van der Waals surface area contributed by atoms with Gasteiger partial charge in [-0.25, -0.2) is 9.13 Å². The van der Waals surface area contributed by atoms with Crippen molar-refractivity contribution < 1.29 is 80.2 Å². The Morgan fingerprint density at radius 3 is 0.657 bits per heavy atom. The van der Waals surface area contributed by atoms with Gasteiger partial charge in [-0.3, -0.25) is 37.3 Å². The number of hydrogen-bond donors (Lipinski definition) is 3. The van der Waals surface area contributed by atoms with Gasteiger partial charge >= 0.3 is 39.5 Å². The Morgan fingerprint density at radius 1 is 0.259 bits per heavy atom. The van der Waals surface area contributed by atoms with E-state index in [0.29, 0.717) is 25.7 Å². The highest BCUT2D eigenvalue weighted by atomic mass is 31.2. The topological polar surface area (TPSA) is 237 Å². The third-order valence-electron chi connectivity index (χ3n) is 21.4. The molecule has 0 aromatic carbocycles. The third kappa shape index (κ3) is 80.7. The number of rotatable bonds is 89. The average Bonchev–Trinajstić information content (AvgIpc) is 0.902. The summed E-state index contributed by atoms with van der Waals surface area (Å²) in [5.41, 5.74) is 0. The molecule has 0 aliphatic carbocycles. The molecule has 3 N–H and O–H groups in total. The summed E-state index contributed by atoms with van der Waals surface area (Å²) in [6.45, 7) is 7.45. The Morgan fingerprint density at radius 2 is 0.444 bits per heavy atom. The minimum absolute atomic E-state index is 0.109. The summed E-state index contributed by atoms with van der Waals surface area (Å²) in [5, 5.41) is 10.7. The molecule has 19 heteroatoms. The molecule has 0 aromatic heterocycles. The Kier molecular flexibility index (Phi) is 80.2. The van der Waals surface area contributed by atoms with Crippen molar-refractivity contribution in [3.05, 3.63) is 0 Å². The van der Waals surface area contributed by atoms with E-state index >= 15 is 0 Å². The first-order chi connectivity index (χ1) is 52.6. The zero-order valence-corrected chi connectivity index (χ0v) is 72.8.